The van der Waals surface area contributed by atoms with Crippen molar-refractivity contribution in [1.82, 2.24) is 9.97 Å². The molecule has 1 heterocycles. The number of fused-ring (bicyclic) bond motifs is 10. The number of benzene rings is 7. The molecule has 2 heteroatoms. The van der Waals surface area contributed by atoms with Gasteiger partial charge in [-0.05, 0) is 73.8 Å². The molecule has 8 aromatic rings. The molecule has 2 nitrogen and oxygen atoms in total. The van der Waals surface area contributed by atoms with E-state index in [9.17, 15) is 0 Å². The Balaban J connectivity index is 1.13. The third-order valence-electron chi connectivity index (χ3n) is 10.3. The highest BCUT2D eigenvalue weighted by molar-refractivity contribution is 5.96. The van der Waals surface area contributed by atoms with Gasteiger partial charge in [0.05, 0.1) is 16.8 Å². The van der Waals surface area contributed by atoms with Crippen molar-refractivity contribution in [3.05, 3.63) is 204 Å². The van der Waals surface area contributed by atoms with Crippen LogP contribution < -0.4 is 0 Å². The first-order valence-corrected chi connectivity index (χ1v) is 16.8. The zero-order chi connectivity index (χ0) is 32.4. The van der Waals surface area contributed by atoms with Gasteiger partial charge < -0.3 is 0 Å². The highest BCUT2D eigenvalue weighted by Crippen LogP contribution is 2.62. The molecule has 0 bridgehead atoms. The third-order valence-corrected chi connectivity index (χ3v) is 10.3. The molecule has 0 aliphatic heterocycles. The van der Waals surface area contributed by atoms with E-state index in [0.717, 1.165) is 39.5 Å². The van der Waals surface area contributed by atoms with E-state index in [1.165, 1.54) is 50.1 Å². The minimum Gasteiger partial charge on any atom is -0.228 e. The molecule has 2 aliphatic carbocycles. The summed E-state index contributed by atoms with van der Waals surface area (Å²) in [5.74, 6) is 0.721. The summed E-state index contributed by atoms with van der Waals surface area (Å²) in [6.07, 6.45) is 0. The standard InChI is InChI=1S/C47H30N2/c1-3-14-31(15-4-1)44-30-45(49-46(48-44)32-16-5-2-6-17-32)35-19-13-18-33(28-35)34-26-27-43-39(29-34)38-22-9-12-25-42(38)47(43)40-23-10-7-20-36(40)37-21-8-11-24-41(37)47/h1-30H. The van der Waals surface area contributed by atoms with Gasteiger partial charge in [-0.1, -0.05) is 164 Å². The lowest BCUT2D eigenvalue weighted by Gasteiger charge is -2.30. The van der Waals surface area contributed by atoms with Crippen LogP contribution in [0, 0.1) is 0 Å². The van der Waals surface area contributed by atoms with Crippen molar-refractivity contribution in [1.29, 1.82) is 0 Å². The van der Waals surface area contributed by atoms with Gasteiger partial charge >= 0.3 is 0 Å². The van der Waals surface area contributed by atoms with Crippen LogP contribution in [0.2, 0.25) is 0 Å². The van der Waals surface area contributed by atoms with Crippen LogP contribution in [0.3, 0.4) is 0 Å². The Morgan fingerprint density at radius 2 is 0.735 bits per heavy atom. The summed E-state index contributed by atoms with van der Waals surface area (Å²) in [5, 5.41) is 0. The van der Waals surface area contributed by atoms with Crippen LogP contribution in [0.1, 0.15) is 22.3 Å². The van der Waals surface area contributed by atoms with Crippen molar-refractivity contribution < 1.29 is 0 Å². The molecule has 1 aromatic heterocycles. The molecule has 7 aromatic carbocycles. The second-order valence-corrected chi connectivity index (χ2v) is 12.9. The van der Waals surface area contributed by atoms with Crippen LogP contribution >= 0.6 is 0 Å². The molecule has 0 fully saturated rings. The fourth-order valence-corrected chi connectivity index (χ4v) is 8.21. The molecule has 10 rings (SSSR count). The molecule has 0 atom stereocenters. The molecule has 49 heavy (non-hydrogen) atoms. The Morgan fingerprint density at radius 1 is 0.286 bits per heavy atom. The summed E-state index contributed by atoms with van der Waals surface area (Å²) >= 11 is 0. The number of rotatable bonds is 4. The molecule has 0 radical (unpaired) electrons. The van der Waals surface area contributed by atoms with Crippen molar-refractivity contribution >= 4 is 0 Å². The second-order valence-electron chi connectivity index (χ2n) is 12.9. The lowest BCUT2D eigenvalue weighted by atomic mass is 9.70. The maximum absolute atomic E-state index is 5.10. The summed E-state index contributed by atoms with van der Waals surface area (Å²) in [5.41, 5.74) is 17.6. The number of hydrogen-bond donors (Lipinski definition) is 0. The Kier molecular flexibility index (Phi) is 6.13. The molecule has 0 amide bonds. The number of hydrogen-bond acceptors (Lipinski definition) is 2. The normalized spacial score (nSPS) is 13.1. The Labute approximate surface area is 286 Å². The Morgan fingerprint density at radius 3 is 1.37 bits per heavy atom. The van der Waals surface area contributed by atoms with Crippen LogP contribution in [-0.2, 0) is 5.41 Å². The average Bonchev–Trinajstić information content (AvgIpc) is 3.65. The van der Waals surface area contributed by atoms with Gasteiger partial charge in [0.25, 0.3) is 0 Å². The maximum Gasteiger partial charge on any atom is 0.160 e. The SMILES string of the molecule is c1ccc(-c2cc(-c3cccc(-c4ccc5c(c4)-c4ccccc4C54c5ccccc5-c5ccccc54)c3)nc(-c3ccccc3)n2)cc1. The van der Waals surface area contributed by atoms with Crippen molar-refractivity contribution in [2.75, 3.05) is 0 Å². The van der Waals surface area contributed by atoms with Gasteiger partial charge in [0.2, 0.25) is 0 Å². The summed E-state index contributed by atoms with van der Waals surface area (Å²) in [4.78, 5) is 10.1. The monoisotopic (exact) mass is 622 g/mol. The van der Waals surface area contributed by atoms with Crippen LogP contribution in [0.15, 0.2) is 182 Å². The topological polar surface area (TPSA) is 25.8 Å². The van der Waals surface area contributed by atoms with Crippen molar-refractivity contribution in [3.8, 4) is 67.3 Å². The van der Waals surface area contributed by atoms with E-state index in [1.807, 2.05) is 24.3 Å². The molecule has 0 saturated heterocycles. The van der Waals surface area contributed by atoms with Gasteiger partial charge in [-0.25, -0.2) is 9.97 Å². The third kappa shape index (κ3) is 4.14. The van der Waals surface area contributed by atoms with Crippen molar-refractivity contribution in [3.63, 3.8) is 0 Å². The lowest BCUT2D eigenvalue weighted by molar-refractivity contribution is 0.794. The van der Waals surface area contributed by atoms with E-state index < -0.39 is 0 Å². The highest BCUT2D eigenvalue weighted by Gasteiger charge is 2.51. The number of nitrogens with zero attached hydrogens (tertiary/aromatic N) is 2. The van der Waals surface area contributed by atoms with E-state index in [-0.39, 0.29) is 5.41 Å². The molecular weight excluding hydrogens is 593 g/mol. The summed E-state index contributed by atoms with van der Waals surface area (Å²) in [6, 6.07) is 65.5. The van der Waals surface area contributed by atoms with E-state index >= 15 is 0 Å². The zero-order valence-corrected chi connectivity index (χ0v) is 26.7. The molecule has 2 aliphatic rings. The predicted molar refractivity (Wildman–Crippen MR) is 200 cm³/mol. The molecule has 228 valence electrons. The van der Waals surface area contributed by atoms with Gasteiger partial charge in [-0.3, -0.25) is 0 Å². The highest BCUT2D eigenvalue weighted by atomic mass is 14.9. The second kappa shape index (κ2) is 10.8. The fourth-order valence-electron chi connectivity index (χ4n) is 8.21. The van der Waals surface area contributed by atoms with Gasteiger partial charge in [-0.15, -0.1) is 0 Å². The average molecular weight is 623 g/mol. The Bertz CT molecular complexity index is 2450. The number of aromatic nitrogens is 2. The van der Waals surface area contributed by atoms with E-state index in [0.29, 0.717) is 0 Å². The minimum atomic E-state index is -0.331. The summed E-state index contributed by atoms with van der Waals surface area (Å²) < 4.78 is 0. The minimum absolute atomic E-state index is 0.331. The lowest BCUT2D eigenvalue weighted by Crippen LogP contribution is -2.25. The summed E-state index contributed by atoms with van der Waals surface area (Å²) in [6.45, 7) is 0. The summed E-state index contributed by atoms with van der Waals surface area (Å²) in [7, 11) is 0. The van der Waals surface area contributed by atoms with E-state index in [2.05, 4.69) is 158 Å². The van der Waals surface area contributed by atoms with Crippen LogP contribution in [0.5, 0.6) is 0 Å². The zero-order valence-electron chi connectivity index (χ0n) is 26.7. The van der Waals surface area contributed by atoms with Crippen molar-refractivity contribution in [2.45, 2.75) is 5.41 Å². The Hall–Kier alpha value is -6.38. The molecular formula is C47H30N2. The van der Waals surface area contributed by atoms with Gasteiger partial charge in [0, 0.05) is 16.7 Å². The predicted octanol–water partition coefficient (Wildman–Crippen LogP) is 11.5. The first-order valence-electron chi connectivity index (χ1n) is 16.8. The van der Waals surface area contributed by atoms with Crippen LogP contribution in [-0.4, -0.2) is 9.97 Å². The quantitative estimate of drug-likeness (QED) is 0.195. The van der Waals surface area contributed by atoms with Gasteiger partial charge in [0.15, 0.2) is 5.82 Å². The molecule has 0 unspecified atom stereocenters. The smallest absolute Gasteiger partial charge is 0.160 e. The first-order chi connectivity index (χ1) is 24.3. The fraction of sp³-hybridized carbons (Fsp3) is 0.0213. The van der Waals surface area contributed by atoms with Crippen molar-refractivity contribution in [2.24, 2.45) is 0 Å². The van der Waals surface area contributed by atoms with Crippen LogP contribution in [0.4, 0.5) is 0 Å². The van der Waals surface area contributed by atoms with E-state index in [1.54, 1.807) is 0 Å². The van der Waals surface area contributed by atoms with Crippen LogP contribution in [0.25, 0.3) is 67.3 Å². The van der Waals surface area contributed by atoms with Gasteiger partial charge in [-0.2, -0.15) is 0 Å². The first kappa shape index (κ1) is 27.7. The molecule has 0 saturated carbocycles. The molecule has 0 N–H and O–H groups in total. The maximum atomic E-state index is 5.10. The van der Waals surface area contributed by atoms with Gasteiger partial charge in [0.1, 0.15) is 0 Å². The van der Waals surface area contributed by atoms with E-state index in [4.69, 9.17) is 9.97 Å². The largest absolute Gasteiger partial charge is 0.228 e. The molecule has 1 spiro atoms.